The van der Waals surface area contributed by atoms with E-state index in [2.05, 4.69) is 19.2 Å². The number of carbonyl (C=O) groups is 1. The Bertz CT molecular complexity index is 645. The zero-order valence-electron chi connectivity index (χ0n) is 17.0. The third-order valence-electron chi connectivity index (χ3n) is 4.47. The van der Waals surface area contributed by atoms with Crippen LogP contribution in [0.15, 0.2) is 23.1 Å². The number of anilines is 1. The fourth-order valence-electron chi connectivity index (χ4n) is 2.49. The van der Waals surface area contributed by atoms with E-state index < -0.39 is 24.4 Å². The van der Waals surface area contributed by atoms with Gasteiger partial charge in [-0.25, -0.2) is 4.79 Å². The molecule has 5 nitrogen and oxygen atoms in total. The van der Waals surface area contributed by atoms with Crippen LogP contribution in [0.25, 0.3) is 0 Å². The molecule has 1 heterocycles. The van der Waals surface area contributed by atoms with Gasteiger partial charge in [-0.2, -0.15) is 0 Å². The monoisotopic (exact) mass is 379 g/mol. The van der Waals surface area contributed by atoms with Crippen molar-refractivity contribution in [3.05, 3.63) is 18.2 Å². The molecule has 2 rings (SSSR count). The summed E-state index contributed by atoms with van der Waals surface area (Å²) in [7, 11) is -0.432. The fourth-order valence-corrected chi connectivity index (χ4v) is 3.50. The lowest BCUT2D eigenvalue weighted by Gasteiger charge is -2.32. The molecule has 0 atom stereocenters. The first-order valence-electron chi connectivity index (χ1n) is 9.05. The van der Waals surface area contributed by atoms with E-state index in [1.54, 1.807) is 11.8 Å². The number of carbonyl (C=O) groups excluding carboxylic acids is 1. The van der Waals surface area contributed by atoms with E-state index >= 15 is 0 Å². The predicted octanol–water partition coefficient (Wildman–Crippen LogP) is 4.44. The molecule has 1 fully saturated rings. The van der Waals surface area contributed by atoms with Gasteiger partial charge in [0.05, 0.1) is 17.3 Å². The topological polar surface area (TPSA) is 56.8 Å². The van der Waals surface area contributed by atoms with Crippen LogP contribution in [-0.2, 0) is 14.0 Å². The van der Waals surface area contributed by atoms with Crippen LogP contribution in [0.5, 0.6) is 0 Å². The van der Waals surface area contributed by atoms with E-state index in [4.69, 9.17) is 14.0 Å². The number of amides is 1. The predicted molar refractivity (Wildman–Crippen MR) is 108 cm³/mol. The number of thioether (sulfide) groups is 1. The van der Waals surface area contributed by atoms with Gasteiger partial charge in [0, 0.05) is 15.8 Å². The number of hydrogen-bond donors (Lipinski definition) is 1. The van der Waals surface area contributed by atoms with Crippen molar-refractivity contribution in [1.82, 2.24) is 0 Å². The van der Waals surface area contributed by atoms with E-state index in [-0.39, 0.29) is 6.10 Å². The zero-order valence-corrected chi connectivity index (χ0v) is 17.8. The van der Waals surface area contributed by atoms with Crippen molar-refractivity contribution in [3.8, 4) is 0 Å². The Labute approximate surface area is 161 Å². The Kier molecular flexibility index (Phi) is 6.36. The second-order valence-corrected chi connectivity index (χ2v) is 9.70. The van der Waals surface area contributed by atoms with Crippen LogP contribution in [-0.4, -0.2) is 35.8 Å². The van der Waals surface area contributed by atoms with Gasteiger partial charge in [0.25, 0.3) is 0 Å². The smallest absolute Gasteiger partial charge is 0.447 e. The fraction of sp³-hybridized carbons (Fsp3) is 0.632. The second-order valence-electron chi connectivity index (χ2n) is 8.09. The standard InChI is InChI=1S/C19H30BNO4S/c1-12(2)23-17(22)21-14-9-10-15(16(11-14)26-13(3)4)20-24-18(5,6)19(7,8)25-20/h9-13H,1-8H3,(H,21,22). The van der Waals surface area contributed by atoms with Crippen molar-refractivity contribution in [2.75, 3.05) is 5.32 Å². The van der Waals surface area contributed by atoms with Crippen molar-refractivity contribution in [2.45, 2.75) is 82.8 Å². The van der Waals surface area contributed by atoms with Crippen LogP contribution in [0.1, 0.15) is 55.4 Å². The number of nitrogens with one attached hydrogen (secondary N) is 1. The van der Waals surface area contributed by atoms with Gasteiger partial charge in [-0.3, -0.25) is 5.32 Å². The van der Waals surface area contributed by atoms with Gasteiger partial charge in [-0.05, 0) is 59.1 Å². The molecule has 1 aliphatic rings. The Balaban J connectivity index is 2.28. The van der Waals surface area contributed by atoms with Crippen molar-refractivity contribution in [3.63, 3.8) is 0 Å². The summed E-state index contributed by atoms with van der Waals surface area (Å²) >= 11 is 1.72. The maximum atomic E-state index is 11.9. The van der Waals surface area contributed by atoms with Crippen LogP contribution < -0.4 is 10.8 Å². The Morgan fingerprint density at radius 2 is 1.69 bits per heavy atom. The first-order chi connectivity index (χ1) is 11.9. The lowest BCUT2D eigenvalue weighted by molar-refractivity contribution is 0.00578. The van der Waals surface area contributed by atoms with Crippen LogP contribution >= 0.6 is 11.8 Å². The van der Waals surface area contributed by atoms with Crippen LogP contribution in [0.2, 0.25) is 0 Å². The molecule has 0 unspecified atom stereocenters. The quantitative estimate of drug-likeness (QED) is 0.605. The normalized spacial score (nSPS) is 18.5. The summed E-state index contributed by atoms with van der Waals surface area (Å²) < 4.78 is 17.6. The Morgan fingerprint density at radius 1 is 1.12 bits per heavy atom. The van der Waals surface area contributed by atoms with E-state index in [0.29, 0.717) is 10.9 Å². The van der Waals surface area contributed by atoms with Crippen LogP contribution in [0.4, 0.5) is 10.5 Å². The number of hydrogen-bond acceptors (Lipinski definition) is 5. The molecule has 0 radical (unpaired) electrons. The van der Waals surface area contributed by atoms with Gasteiger partial charge in [0.2, 0.25) is 0 Å². The minimum atomic E-state index is -0.455. The summed E-state index contributed by atoms with van der Waals surface area (Å²) in [6.07, 6.45) is -0.618. The van der Waals surface area contributed by atoms with Gasteiger partial charge in [-0.1, -0.05) is 19.9 Å². The number of rotatable bonds is 5. The van der Waals surface area contributed by atoms with Crippen LogP contribution in [0, 0.1) is 0 Å². The van der Waals surface area contributed by atoms with Crippen molar-refractivity contribution >= 4 is 36.1 Å². The van der Waals surface area contributed by atoms with Crippen molar-refractivity contribution in [2.24, 2.45) is 0 Å². The lowest BCUT2D eigenvalue weighted by Crippen LogP contribution is -2.41. The molecule has 26 heavy (non-hydrogen) atoms. The molecule has 0 bridgehead atoms. The largest absolute Gasteiger partial charge is 0.495 e. The third-order valence-corrected chi connectivity index (χ3v) is 5.55. The molecule has 0 spiro atoms. The highest BCUT2D eigenvalue weighted by atomic mass is 32.2. The first-order valence-corrected chi connectivity index (χ1v) is 9.93. The van der Waals surface area contributed by atoms with Gasteiger partial charge in [0.15, 0.2) is 0 Å². The molecular weight excluding hydrogens is 349 g/mol. The van der Waals surface area contributed by atoms with E-state index in [1.165, 1.54) is 0 Å². The molecular formula is C19H30BNO4S. The molecule has 1 aromatic rings. The Morgan fingerprint density at radius 3 is 2.19 bits per heavy atom. The van der Waals surface area contributed by atoms with Gasteiger partial charge in [0.1, 0.15) is 0 Å². The van der Waals surface area contributed by atoms with Gasteiger partial charge >= 0.3 is 13.2 Å². The molecule has 0 saturated carbocycles. The molecule has 0 aromatic heterocycles. The summed E-state index contributed by atoms with van der Waals surface area (Å²) in [5.74, 6) is 0. The van der Waals surface area contributed by atoms with E-state index in [0.717, 1.165) is 10.4 Å². The molecule has 7 heteroatoms. The van der Waals surface area contributed by atoms with Crippen molar-refractivity contribution < 1.29 is 18.8 Å². The molecule has 1 aromatic carbocycles. The zero-order chi connectivity index (χ0) is 19.7. The van der Waals surface area contributed by atoms with Gasteiger partial charge in [-0.15, -0.1) is 11.8 Å². The lowest BCUT2D eigenvalue weighted by atomic mass is 9.79. The molecule has 1 N–H and O–H groups in total. The molecule has 144 valence electrons. The molecule has 1 aliphatic heterocycles. The second kappa shape index (κ2) is 7.83. The SMILES string of the molecule is CC(C)OC(=O)Nc1ccc(B2OC(C)(C)C(C)(C)O2)c(SC(C)C)c1. The summed E-state index contributed by atoms with van der Waals surface area (Å²) in [5.41, 5.74) is 0.884. The Hall–Kier alpha value is -1.18. The highest BCUT2D eigenvalue weighted by Gasteiger charge is 2.52. The first kappa shape index (κ1) is 21.1. The average molecular weight is 379 g/mol. The van der Waals surface area contributed by atoms with E-state index in [9.17, 15) is 4.79 Å². The summed E-state index contributed by atoms with van der Waals surface area (Å²) in [4.78, 5) is 12.9. The average Bonchev–Trinajstić information content (AvgIpc) is 2.65. The summed E-state index contributed by atoms with van der Waals surface area (Å²) in [5, 5.41) is 3.16. The minimum absolute atomic E-state index is 0.163. The summed E-state index contributed by atoms with van der Waals surface area (Å²) in [6.45, 7) is 16.1. The summed E-state index contributed by atoms with van der Waals surface area (Å²) in [6, 6.07) is 5.76. The maximum Gasteiger partial charge on any atom is 0.495 e. The maximum absolute atomic E-state index is 11.9. The molecule has 1 amide bonds. The number of benzene rings is 1. The van der Waals surface area contributed by atoms with Crippen LogP contribution in [0.3, 0.4) is 0 Å². The highest BCUT2D eigenvalue weighted by molar-refractivity contribution is 8.00. The van der Waals surface area contributed by atoms with Gasteiger partial charge < -0.3 is 14.0 Å². The molecule has 1 saturated heterocycles. The minimum Gasteiger partial charge on any atom is -0.447 e. The third kappa shape index (κ3) is 4.96. The molecule has 0 aliphatic carbocycles. The highest BCUT2D eigenvalue weighted by Crippen LogP contribution is 2.37. The number of ether oxygens (including phenoxy) is 1. The van der Waals surface area contributed by atoms with E-state index in [1.807, 2.05) is 59.7 Å². The van der Waals surface area contributed by atoms with Crippen molar-refractivity contribution in [1.29, 1.82) is 0 Å².